The molecule has 1 atom stereocenters. The summed E-state index contributed by atoms with van der Waals surface area (Å²) in [5, 5.41) is 9.76. The molecule has 1 aliphatic heterocycles. The van der Waals surface area contributed by atoms with Crippen LogP contribution >= 0.6 is 0 Å². The number of phenolic OH excluding ortho intramolecular Hbond substituents is 1. The van der Waals surface area contributed by atoms with Gasteiger partial charge in [0.15, 0.2) is 0 Å². The van der Waals surface area contributed by atoms with Gasteiger partial charge in [-0.2, -0.15) is 0 Å². The molecule has 1 aliphatic rings. The maximum Gasteiger partial charge on any atom is 0.257 e. The lowest BCUT2D eigenvalue weighted by Gasteiger charge is -2.17. The second-order valence-electron chi connectivity index (χ2n) is 5.31. The van der Waals surface area contributed by atoms with Gasteiger partial charge in [-0.1, -0.05) is 24.3 Å². The van der Waals surface area contributed by atoms with Crippen molar-refractivity contribution in [2.45, 2.75) is 12.3 Å². The minimum atomic E-state index is -0.252. The molecule has 1 heterocycles. The molecule has 2 aromatic rings. The van der Waals surface area contributed by atoms with Crippen molar-refractivity contribution in [1.82, 2.24) is 4.90 Å². The van der Waals surface area contributed by atoms with E-state index in [9.17, 15) is 14.3 Å². The number of aromatic hydroxyl groups is 1. The lowest BCUT2D eigenvalue weighted by molar-refractivity contribution is 0.0788. The molecule has 4 heteroatoms. The predicted octanol–water partition coefficient (Wildman–Crippen LogP) is 3.16. The Hall–Kier alpha value is -2.36. The van der Waals surface area contributed by atoms with Crippen LogP contribution in [0.25, 0.3) is 0 Å². The lowest BCUT2D eigenvalue weighted by atomic mass is 9.98. The van der Waals surface area contributed by atoms with Crippen molar-refractivity contribution in [3.05, 3.63) is 65.5 Å². The van der Waals surface area contributed by atoms with Crippen LogP contribution in [0.5, 0.6) is 5.75 Å². The zero-order chi connectivity index (χ0) is 14.8. The van der Waals surface area contributed by atoms with Gasteiger partial charge in [0.05, 0.1) is 5.56 Å². The van der Waals surface area contributed by atoms with Gasteiger partial charge >= 0.3 is 0 Å². The van der Waals surface area contributed by atoms with Gasteiger partial charge in [0.1, 0.15) is 11.6 Å². The number of para-hydroxylation sites is 1. The highest BCUT2D eigenvalue weighted by Gasteiger charge is 2.29. The quantitative estimate of drug-likeness (QED) is 0.920. The summed E-state index contributed by atoms with van der Waals surface area (Å²) in [5.74, 6) is -0.280. The minimum absolute atomic E-state index is 0.00305. The molecule has 2 aromatic carbocycles. The molecule has 1 amide bonds. The second kappa shape index (κ2) is 5.56. The number of benzene rings is 2. The Bertz CT molecular complexity index is 671. The summed E-state index contributed by atoms with van der Waals surface area (Å²) in [4.78, 5) is 14.1. The molecule has 1 saturated heterocycles. The first kappa shape index (κ1) is 13.6. The number of rotatable bonds is 2. The molecule has 0 aliphatic carbocycles. The number of hydrogen-bond acceptors (Lipinski definition) is 2. The van der Waals surface area contributed by atoms with Gasteiger partial charge in [0, 0.05) is 19.0 Å². The third-order valence-corrected chi connectivity index (χ3v) is 3.93. The van der Waals surface area contributed by atoms with E-state index < -0.39 is 0 Å². The van der Waals surface area contributed by atoms with Crippen LogP contribution in [0.3, 0.4) is 0 Å². The number of nitrogens with zero attached hydrogens (tertiary/aromatic N) is 1. The molecule has 1 fully saturated rings. The number of likely N-dealkylation sites (tertiary alicyclic amines) is 1. The van der Waals surface area contributed by atoms with E-state index in [1.165, 1.54) is 18.2 Å². The monoisotopic (exact) mass is 285 g/mol. The summed E-state index contributed by atoms with van der Waals surface area (Å²) >= 11 is 0. The average Bonchev–Trinajstić information content (AvgIpc) is 2.97. The topological polar surface area (TPSA) is 40.5 Å². The lowest BCUT2D eigenvalue weighted by Crippen LogP contribution is -2.28. The Morgan fingerprint density at radius 3 is 2.76 bits per heavy atom. The molecule has 0 unspecified atom stereocenters. The number of carbonyl (C=O) groups is 1. The smallest absolute Gasteiger partial charge is 0.257 e. The van der Waals surface area contributed by atoms with Crippen LogP contribution in [0.2, 0.25) is 0 Å². The van der Waals surface area contributed by atoms with Crippen LogP contribution in [0.1, 0.15) is 28.3 Å². The summed E-state index contributed by atoms with van der Waals surface area (Å²) in [5.41, 5.74) is 1.24. The Labute approximate surface area is 122 Å². The van der Waals surface area contributed by atoms with Crippen LogP contribution in [0.15, 0.2) is 48.5 Å². The molecule has 108 valence electrons. The Balaban J connectivity index is 1.75. The first-order valence-electron chi connectivity index (χ1n) is 6.98. The largest absolute Gasteiger partial charge is 0.507 e. The Kier molecular flexibility index (Phi) is 3.60. The zero-order valence-electron chi connectivity index (χ0n) is 11.5. The van der Waals surface area contributed by atoms with Crippen LogP contribution in [-0.4, -0.2) is 29.0 Å². The first-order chi connectivity index (χ1) is 10.1. The van der Waals surface area contributed by atoms with Crippen LogP contribution in [0, 0.1) is 5.82 Å². The van der Waals surface area contributed by atoms with E-state index in [0.717, 1.165) is 12.0 Å². The van der Waals surface area contributed by atoms with Crippen molar-refractivity contribution >= 4 is 5.91 Å². The van der Waals surface area contributed by atoms with Crippen molar-refractivity contribution in [2.75, 3.05) is 13.1 Å². The molecule has 0 bridgehead atoms. The molecule has 0 aromatic heterocycles. The fraction of sp³-hybridized carbons (Fsp3) is 0.235. The van der Waals surface area contributed by atoms with Gasteiger partial charge in [0.2, 0.25) is 0 Å². The number of phenols is 1. The van der Waals surface area contributed by atoms with Crippen LogP contribution < -0.4 is 0 Å². The molecule has 3 rings (SSSR count). The molecular weight excluding hydrogens is 269 g/mol. The normalized spacial score (nSPS) is 18.0. The molecule has 0 saturated carbocycles. The van der Waals surface area contributed by atoms with Crippen LogP contribution in [-0.2, 0) is 0 Å². The van der Waals surface area contributed by atoms with Gasteiger partial charge in [-0.15, -0.1) is 0 Å². The zero-order valence-corrected chi connectivity index (χ0v) is 11.5. The number of amides is 1. The highest BCUT2D eigenvalue weighted by Crippen LogP contribution is 2.29. The SMILES string of the molecule is O=C(c1ccccc1O)N1CC[C@@H](c2cccc(F)c2)C1. The second-order valence-corrected chi connectivity index (χ2v) is 5.31. The summed E-state index contributed by atoms with van der Waals surface area (Å²) in [7, 11) is 0. The van der Waals surface area contributed by atoms with E-state index in [4.69, 9.17) is 0 Å². The highest BCUT2D eigenvalue weighted by molar-refractivity contribution is 5.97. The van der Waals surface area contributed by atoms with Crippen molar-refractivity contribution in [1.29, 1.82) is 0 Å². The number of hydrogen-bond donors (Lipinski definition) is 1. The molecule has 21 heavy (non-hydrogen) atoms. The predicted molar refractivity (Wildman–Crippen MR) is 77.8 cm³/mol. The summed E-state index contributed by atoms with van der Waals surface area (Å²) < 4.78 is 13.3. The summed E-state index contributed by atoms with van der Waals surface area (Å²) in [6.45, 7) is 1.17. The fourth-order valence-corrected chi connectivity index (χ4v) is 2.80. The van der Waals surface area contributed by atoms with E-state index >= 15 is 0 Å². The van der Waals surface area contributed by atoms with Gasteiger partial charge in [-0.3, -0.25) is 4.79 Å². The summed E-state index contributed by atoms with van der Waals surface area (Å²) in [6.07, 6.45) is 0.808. The molecular formula is C17H16FNO2. The average molecular weight is 285 g/mol. The minimum Gasteiger partial charge on any atom is -0.507 e. The van der Waals surface area contributed by atoms with Gasteiger partial charge in [-0.05, 0) is 36.2 Å². The molecule has 3 nitrogen and oxygen atoms in total. The third kappa shape index (κ3) is 2.75. The third-order valence-electron chi connectivity index (χ3n) is 3.93. The van der Waals surface area contributed by atoms with Gasteiger partial charge < -0.3 is 10.0 Å². The van der Waals surface area contributed by atoms with E-state index in [-0.39, 0.29) is 23.4 Å². The van der Waals surface area contributed by atoms with E-state index in [2.05, 4.69) is 0 Å². The van der Waals surface area contributed by atoms with Crippen LogP contribution in [0.4, 0.5) is 4.39 Å². The standard InChI is InChI=1S/C17H16FNO2/c18-14-5-3-4-12(10-14)13-8-9-19(11-13)17(21)15-6-1-2-7-16(15)20/h1-7,10,13,20H,8-9,11H2/t13-/m1/s1. The van der Waals surface area contributed by atoms with Gasteiger partial charge in [0.25, 0.3) is 5.91 Å². The fourth-order valence-electron chi connectivity index (χ4n) is 2.80. The van der Waals surface area contributed by atoms with E-state index in [0.29, 0.717) is 18.7 Å². The number of halogens is 1. The first-order valence-corrected chi connectivity index (χ1v) is 6.98. The summed E-state index contributed by atoms with van der Waals surface area (Å²) in [6, 6.07) is 13.1. The van der Waals surface area contributed by atoms with E-state index in [1.54, 1.807) is 29.2 Å². The van der Waals surface area contributed by atoms with E-state index in [1.807, 2.05) is 6.07 Å². The molecule has 1 N–H and O–H groups in total. The maximum atomic E-state index is 13.3. The highest BCUT2D eigenvalue weighted by atomic mass is 19.1. The molecule has 0 radical (unpaired) electrons. The number of carbonyl (C=O) groups excluding carboxylic acids is 1. The Morgan fingerprint density at radius 2 is 2.00 bits per heavy atom. The van der Waals surface area contributed by atoms with Crippen molar-refractivity contribution in [3.63, 3.8) is 0 Å². The Morgan fingerprint density at radius 1 is 1.19 bits per heavy atom. The van der Waals surface area contributed by atoms with Crippen molar-refractivity contribution < 1.29 is 14.3 Å². The van der Waals surface area contributed by atoms with Crippen molar-refractivity contribution in [3.8, 4) is 5.75 Å². The molecule has 0 spiro atoms. The van der Waals surface area contributed by atoms with Gasteiger partial charge in [-0.25, -0.2) is 4.39 Å². The van der Waals surface area contributed by atoms with Crippen molar-refractivity contribution in [2.24, 2.45) is 0 Å². The maximum absolute atomic E-state index is 13.3.